The molecule has 3 nitrogen and oxygen atoms in total. The maximum absolute atomic E-state index is 13.8. The summed E-state index contributed by atoms with van der Waals surface area (Å²) < 4.78 is 19.2. The molecular weight excluding hydrogens is 245 g/mol. The summed E-state index contributed by atoms with van der Waals surface area (Å²) in [5, 5.41) is 9.16. The van der Waals surface area contributed by atoms with Gasteiger partial charge < -0.3 is 15.6 Å². The summed E-state index contributed by atoms with van der Waals surface area (Å²) in [5.74, 6) is -0.0396. The lowest BCUT2D eigenvalue weighted by Gasteiger charge is -2.10. The first-order valence-electron chi connectivity index (χ1n) is 6.02. The molecular formula is C15H16FNO2. The van der Waals surface area contributed by atoms with E-state index in [2.05, 4.69) is 0 Å². The monoisotopic (exact) mass is 261 g/mol. The first kappa shape index (κ1) is 13.4. The largest absolute Gasteiger partial charge is 0.508 e. The normalized spacial score (nSPS) is 12.2. The third-order valence-corrected chi connectivity index (χ3v) is 2.81. The van der Waals surface area contributed by atoms with E-state index in [4.69, 9.17) is 15.6 Å². The lowest BCUT2D eigenvalue weighted by Crippen LogP contribution is -2.06. The van der Waals surface area contributed by atoms with Crippen molar-refractivity contribution >= 4 is 0 Å². The maximum Gasteiger partial charge on any atom is 0.165 e. The Balaban J connectivity index is 2.05. The summed E-state index contributed by atoms with van der Waals surface area (Å²) in [6.07, 6.45) is 0. The molecule has 0 radical (unpaired) electrons. The molecule has 0 saturated carbocycles. The average molecular weight is 261 g/mol. The van der Waals surface area contributed by atoms with Crippen LogP contribution >= 0.6 is 0 Å². The van der Waals surface area contributed by atoms with E-state index in [1.807, 2.05) is 0 Å². The van der Waals surface area contributed by atoms with Crippen LogP contribution in [0.15, 0.2) is 42.5 Å². The average Bonchev–Trinajstić information content (AvgIpc) is 2.39. The Bertz CT molecular complexity index is 553. The number of phenolic OH excluding ortho intramolecular Hbond substituents is 1. The predicted molar refractivity (Wildman–Crippen MR) is 71.4 cm³/mol. The number of hydrogen-bond acceptors (Lipinski definition) is 3. The van der Waals surface area contributed by atoms with Crippen LogP contribution in [-0.2, 0) is 6.61 Å². The summed E-state index contributed by atoms with van der Waals surface area (Å²) in [6, 6.07) is 11.1. The Labute approximate surface area is 111 Å². The van der Waals surface area contributed by atoms with Gasteiger partial charge in [-0.15, -0.1) is 0 Å². The lowest BCUT2D eigenvalue weighted by atomic mass is 10.1. The van der Waals surface area contributed by atoms with Crippen LogP contribution in [0.2, 0.25) is 0 Å². The zero-order chi connectivity index (χ0) is 13.8. The van der Waals surface area contributed by atoms with Crippen LogP contribution in [0, 0.1) is 5.82 Å². The van der Waals surface area contributed by atoms with Gasteiger partial charge in [0, 0.05) is 6.04 Å². The fraction of sp³-hybridized carbons (Fsp3) is 0.200. The molecule has 3 N–H and O–H groups in total. The van der Waals surface area contributed by atoms with Crippen molar-refractivity contribution in [3.8, 4) is 11.5 Å². The van der Waals surface area contributed by atoms with Crippen LogP contribution < -0.4 is 10.5 Å². The van der Waals surface area contributed by atoms with Gasteiger partial charge in [-0.1, -0.05) is 18.2 Å². The van der Waals surface area contributed by atoms with E-state index < -0.39 is 5.82 Å². The van der Waals surface area contributed by atoms with Crippen LogP contribution in [0.3, 0.4) is 0 Å². The molecule has 0 aliphatic heterocycles. The highest BCUT2D eigenvalue weighted by atomic mass is 19.1. The third-order valence-electron chi connectivity index (χ3n) is 2.81. The molecule has 0 heterocycles. The summed E-state index contributed by atoms with van der Waals surface area (Å²) in [6.45, 7) is 2.04. The molecule has 100 valence electrons. The second-order valence-corrected chi connectivity index (χ2v) is 4.43. The number of aromatic hydroxyl groups is 1. The van der Waals surface area contributed by atoms with Crippen molar-refractivity contribution in [3.05, 3.63) is 59.4 Å². The lowest BCUT2D eigenvalue weighted by molar-refractivity contribution is 0.290. The van der Waals surface area contributed by atoms with Gasteiger partial charge in [0.2, 0.25) is 0 Å². The van der Waals surface area contributed by atoms with Gasteiger partial charge in [0.25, 0.3) is 0 Å². The minimum atomic E-state index is -0.423. The zero-order valence-electron chi connectivity index (χ0n) is 10.6. The van der Waals surface area contributed by atoms with Crippen molar-refractivity contribution in [2.45, 2.75) is 19.6 Å². The van der Waals surface area contributed by atoms with Crippen molar-refractivity contribution in [3.63, 3.8) is 0 Å². The molecule has 4 heteroatoms. The molecule has 2 aromatic rings. The molecule has 0 bridgehead atoms. The molecule has 0 aliphatic carbocycles. The van der Waals surface area contributed by atoms with Crippen LogP contribution in [0.4, 0.5) is 4.39 Å². The van der Waals surface area contributed by atoms with E-state index >= 15 is 0 Å². The molecule has 0 aliphatic rings. The molecule has 1 atom stereocenters. The number of nitrogens with two attached hydrogens (primary N) is 1. The summed E-state index contributed by atoms with van der Waals surface area (Å²) >= 11 is 0. The van der Waals surface area contributed by atoms with Gasteiger partial charge in [-0.3, -0.25) is 0 Å². The van der Waals surface area contributed by atoms with E-state index in [0.29, 0.717) is 0 Å². The molecule has 19 heavy (non-hydrogen) atoms. The smallest absolute Gasteiger partial charge is 0.165 e. The molecule has 0 spiro atoms. The predicted octanol–water partition coefficient (Wildman–Crippen LogP) is 3.13. The Morgan fingerprint density at radius 1 is 1.21 bits per heavy atom. The highest BCUT2D eigenvalue weighted by Gasteiger charge is 2.07. The van der Waals surface area contributed by atoms with Gasteiger partial charge in [-0.2, -0.15) is 0 Å². The topological polar surface area (TPSA) is 55.5 Å². The molecule has 0 unspecified atom stereocenters. The zero-order valence-corrected chi connectivity index (χ0v) is 10.6. The minimum Gasteiger partial charge on any atom is -0.508 e. The van der Waals surface area contributed by atoms with E-state index in [-0.39, 0.29) is 24.1 Å². The number of phenols is 1. The van der Waals surface area contributed by atoms with E-state index in [9.17, 15) is 4.39 Å². The summed E-state index contributed by atoms with van der Waals surface area (Å²) in [5.41, 5.74) is 7.27. The van der Waals surface area contributed by atoms with Crippen LogP contribution in [0.1, 0.15) is 24.1 Å². The van der Waals surface area contributed by atoms with Crippen molar-refractivity contribution in [2.24, 2.45) is 5.73 Å². The summed E-state index contributed by atoms with van der Waals surface area (Å²) in [7, 11) is 0. The van der Waals surface area contributed by atoms with Gasteiger partial charge in [-0.25, -0.2) is 4.39 Å². The SMILES string of the molecule is C[C@@H](N)c1ccc(OCc2ccc(O)cc2)c(F)c1. The van der Waals surface area contributed by atoms with Crippen molar-refractivity contribution in [2.75, 3.05) is 0 Å². The van der Waals surface area contributed by atoms with Crippen LogP contribution in [0.25, 0.3) is 0 Å². The Morgan fingerprint density at radius 2 is 1.89 bits per heavy atom. The number of halogens is 1. The maximum atomic E-state index is 13.8. The summed E-state index contributed by atoms with van der Waals surface area (Å²) in [4.78, 5) is 0. The van der Waals surface area contributed by atoms with Crippen molar-refractivity contribution in [1.29, 1.82) is 0 Å². The van der Waals surface area contributed by atoms with E-state index in [1.165, 1.54) is 6.07 Å². The molecule has 0 saturated heterocycles. The standard InChI is InChI=1S/C15H16FNO2/c1-10(17)12-4-7-15(14(16)8-12)19-9-11-2-5-13(18)6-3-11/h2-8,10,18H,9,17H2,1H3/t10-/m1/s1. The minimum absolute atomic E-state index is 0.191. The van der Waals surface area contributed by atoms with Gasteiger partial charge >= 0.3 is 0 Å². The fourth-order valence-corrected chi connectivity index (χ4v) is 1.67. The van der Waals surface area contributed by atoms with Crippen LogP contribution in [-0.4, -0.2) is 5.11 Å². The second-order valence-electron chi connectivity index (χ2n) is 4.43. The second kappa shape index (κ2) is 5.71. The van der Waals surface area contributed by atoms with Gasteiger partial charge in [0.05, 0.1) is 0 Å². The van der Waals surface area contributed by atoms with E-state index in [0.717, 1.165) is 11.1 Å². The van der Waals surface area contributed by atoms with Gasteiger partial charge in [-0.05, 0) is 42.3 Å². The number of ether oxygens (including phenoxy) is 1. The van der Waals surface area contributed by atoms with Crippen LogP contribution in [0.5, 0.6) is 11.5 Å². The highest BCUT2D eigenvalue weighted by molar-refractivity contribution is 5.31. The fourth-order valence-electron chi connectivity index (χ4n) is 1.67. The molecule has 0 fully saturated rings. The Hall–Kier alpha value is -2.07. The number of hydrogen-bond donors (Lipinski definition) is 2. The molecule has 0 aromatic heterocycles. The van der Waals surface area contributed by atoms with Gasteiger partial charge in [0.1, 0.15) is 12.4 Å². The highest BCUT2D eigenvalue weighted by Crippen LogP contribution is 2.22. The van der Waals surface area contributed by atoms with E-state index in [1.54, 1.807) is 43.3 Å². The molecule has 2 aromatic carbocycles. The number of rotatable bonds is 4. The quantitative estimate of drug-likeness (QED) is 0.889. The first-order chi connectivity index (χ1) is 9.06. The number of benzene rings is 2. The third kappa shape index (κ3) is 3.45. The van der Waals surface area contributed by atoms with Crippen molar-refractivity contribution in [1.82, 2.24) is 0 Å². The van der Waals surface area contributed by atoms with Crippen molar-refractivity contribution < 1.29 is 14.2 Å². The molecule has 0 amide bonds. The Morgan fingerprint density at radius 3 is 2.47 bits per heavy atom. The first-order valence-corrected chi connectivity index (χ1v) is 6.02. The Kier molecular flexibility index (Phi) is 4.02. The van der Waals surface area contributed by atoms with Gasteiger partial charge in [0.15, 0.2) is 11.6 Å². The molecule has 2 rings (SSSR count).